The van der Waals surface area contributed by atoms with Crippen LogP contribution in [0.3, 0.4) is 0 Å². The van der Waals surface area contributed by atoms with Crippen LogP contribution < -0.4 is 15.6 Å². The highest BCUT2D eigenvalue weighted by Crippen LogP contribution is 2.34. The molecule has 0 aliphatic carbocycles. The Morgan fingerprint density at radius 2 is 1.73 bits per heavy atom. The van der Waals surface area contributed by atoms with Gasteiger partial charge in [0.05, 0.1) is 24.2 Å². The summed E-state index contributed by atoms with van der Waals surface area (Å²) in [6.07, 6.45) is 3.52. The summed E-state index contributed by atoms with van der Waals surface area (Å²) in [7, 11) is 1.66. The van der Waals surface area contributed by atoms with Crippen molar-refractivity contribution in [2.24, 2.45) is 5.10 Å². The predicted molar refractivity (Wildman–Crippen MR) is 182 cm³/mol. The van der Waals surface area contributed by atoms with Crippen molar-refractivity contribution in [3.8, 4) is 17.1 Å². The maximum absolute atomic E-state index is 13.9. The number of para-hydroxylation sites is 2. The fraction of sp³-hybridized carbons (Fsp3) is 0.167. The third-order valence-electron chi connectivity index (χ3n) is 7.77. The molecule has 0 saturated carbocycles. The Labute approximate surface area is 265 Å². The van der Waals surface area contributed by atoms with Gasteiger partial charge in [-0.05, 0) is 78.6 Å². The third-order valence-corrected chi connectivity index (χ3v) is 8.02. The third kappa shape index (κ3) is 5.97. The predicted octanol–water partition coefficient (Wildman–Crippen LogP) is 7.63. The lowest BCUT2D eigenvalue weighted by Crippen LogP contribution is -2.21. The van der Waals surface area contributed by atoms with Gasteiger partial charge in [0.1, 0.15) is 12.3 Å². The zero-order valence-corrected chi connectivity index (χ0v) is 26.2. The van der Waals surface area contributed by atoms with Crippen LogP contribution in [0.1, 0.15) is 36.5 Å². The van der Waals surface area contributed by atoms with Gasteiger partial charge in [-0.1, -0.05) is 55.8 Å². The molecule has 0 saturated heterocycles. The molecular formula is C36H32ClN5O3. The number of aryl methyl sites for hydroxylation is 1. The molecule has 4 aromatic carbocycles. The monoisotopic (exact) mass is 617 g/mol. The Hall–Kier alpha value is -5.21. The molecule has 226 valence electrons. The Morgan fingerprint density at radius 3 is 2.47 bits per heavy atom. The lowest BCUT2D eigenvalue weighted by molar-refractivity contribution is -0.116. The molecule has 2 aromatic heterocycles. The summed E-state index contributed by atoms with van der Waals surface area (Å²) in [6.45, 7) is 6.26. The van der Waals surface area contributed by atoms with Crippen molar-refractivity contribution in [1.29, 1.82) is 0 Å². The quantitative estimate of drug-likeness (QED) is 0.178. The molecule has 0 atom stereocenters. The van der Waals surface area contributed by atoms with Gasteiger partial charge in [0.25, 0.3) is 5.56 Å². The number of nitrogens with one attached hydrogen (secondary N) is 1. The van der Waals surface area contributed by atoms with Crippen LogP contribution in [0.2, 0.25) is 5.02 Å². The Balaban J connectivity index is 1.44. The summed E-state index contributed by atoms with van der Waals surface area (Å²) in [5.74, 6) is 1.22. The number of benzene rings is 4. The standard InChI is InChI=1S/C36H32ClN5O3/c1-22(2)29-18-30(23(3)17-33(29)45-4)35-40-31-11-7-5-10-28(31)36(44)42(35)38-19-24-20-41(32-12-8-6-9-27(24)32)21-34(43)39-26-15-13-25(37)14-16-26/h5-20,22H,21H2,1-4H3,(H,39,43). The van der Waals surface area contributed by atoms with Gasteiger partial charge in [-0.3, -0.25) is 9.59 Å². The van der Waals surface area contributed by atoms with Crippen LogP contribution in [-0.2, 0) is 11.3 Å². The highest BCUT2D eigenvalue weighted by molar-refractivity contribution is 6.30. The summed E-state index contributed by atoms with van der Waals surface area (Å²) >= 11 is 5.98. The van der Waals surface area contributed by atoms with E-state index in [1.807, 2.05) is 72.3 Å². The van der Waals surface area contributed by atoms with Crippen LogP contribution in [0.15, 0.2) is 101 Å². The number of carbonyl (C=O) groups excluding carboxylic acids is 1. The van der Waals surface area contributed by atoms with Crippen LogP contribution in [0.4, 0.5) is 5.69 Å². The molecule has 0 radical (unpaired) electrons. The summed E-state index contributed by atoms with van der Waals surface area (Å²) in [5.41, 5.74) is 5.30. The molecule has 1 amide bonds. The zero-order chi connectivity index (χ0) is 31.7. The second-order valence-corrected chi connectivity index (χ2v) is 11.6. The van der Waals surface area contributed by atoms with E-state index in [-0.39, 0.29) is 23.9 Å². The van der Waals surface area contributed by atoms with Gasteiger partial charge in [-0.2, -0.15) is 9.78 Å². The second-order valence-electron chi connectivity index (χ2n) is 11.2. The number of hydrogen-bond acceptors (Lipinski definition) is 5. The van der Waals surface area contributed by atoms with E-state index in [0.717, 1.165) is 38.9 Å². The number of amides is 1. The Morgan fingerprint density at radius 1 is 1.02 bits per heavy atom. The number of aromatic nitrogens is 3. The lowest BCUT2D eigenvalue weighted by atomic mass is 9.96. The number of hydrogen-bond donors (Lipinski definition) is 1. The average Bonchev–Trinajstić information content (AvgIpc) is 3.38. The molecule has 2 heterocycles. The van der Waals surface area contributed by atoms with Crippen LogP contribution in [0.5, 0.6) is 5.75 Å². The number of anilines is 1. The summed E-state index contributed by atoms with van der Waals surface area (Å²) in [6, 6.07) is 26.0. The summed E-state index contributed by atoms with van der Waals surface area (Å²) in [4.78, 5) is 31.8. The van der Waals surface area contributed by atoms with Crippen molar-refractivity contribution in [2.75, 3.05) is 12.4 Å². The lowest BCUT2D eigenvalue weighted by Gasteiger charge is -2.17. The van der Waals surface area contributed by atoms with E-state index < -0.39 is 0 Å². The van der Waals surface area contributed by atoms with Crippen molar-refractivity contribution < 1.29 is 9.53 Å². The van der Waals surface area contributed by atoms with Crippen LogP contribution in [0, 0.1) is 6.92 Å². The molecule has 0 bridgehead atoms. The minimum absolute atomic E-state index is 0.0860. The zero-order valence-electron chi connectivity index (χ0n) is 25.4. The fourth-order valence-electron chi connectivity index (χ4n) is 5.49. The maximum Gasteiger partial charge on any atom is 0.282 e. The molecule has 6 rings (SSSR count). The number of carbonyl (C=O) groups is 1. The first-order valence-electron chi connectivity index (χ1n) is 14.6. The Bertz CT molecular complexity index is 2150. The largest absolute Gasteiger partial charge is 0.496 e. The Kier molecular flexibility index (Phi) is 8.24. The smallest absolute Gasteiger partial charge is 0.282 e. The molecule has 9 heteroatoms. The maximum atomic E-state index is 13.9. The summed E-state index contributed by atoms with van der Waals surface area (Å²) < 4.78 is 8.89. The van der Waals surface area contributed by atoms with E-state index in [1.54, 1.807) is 43.7 Å². The molecule has 0 unspecified atom stereocenters. The van der Waals surface area contributed by atoms with Gasteiger partial charge in [0.15, 0.2) is 5.82 Å². The van der Waals surface area contributed by atoms with Gasteiger partial charge < -0.3 is 14.6 Å². The second kappa shape index (κ2) is 12.4. The molecule has 6 aromatic rings. The number of methoxy groups -OCH3 is 1. The van der Waals surface area contributed by atoms with Crippen LogP contribution in [0.25, 0.3) is 33.2 Å². The minimum Gasteiger partial charge on any atom is -0.496 e. The van der Waals surface area contributed by atoms with Crippen LogP contribution in [-0.4, -0.2) is 33.5 Å². The first-order valence-corrected chi connectivity index (χ1v) is 15.0. The topological polar surface area (TPSA) is 90.5 Å². The van der Waals surface area contributed by atoms with Gasteiger partial charge in [0, 0.05) is 38.9 Å². The molecule has 0 aliphatic heterocycles. The van der Waals surface area contributed by atoms with Crippen LogP contribution >= 0.6 is 11.6 Å². The molecule has 45 heavy (non-hydrogen) atoms. The first-order chi connectivity index (χ1) is 21.7. The molecular weight excluding hydrogens is 586 g/mol. The van der Waals surface area contributed by atoms with Crippen molar-refractivity contribution in [3.05, 3.63) is 123 Å². The fourth-order valence-corrected chi connectivity index (χ4v) is 5.62. The molecule has 0 spiro atoms. The van der Waals surface area contributed by atoms with Crippen molar-refractivity contribution in [3.63, 3.8) is 0 Å². The number of halogens is 1. The number of fused-ring (bicyclic) bond motifs is 2. The van der Waals surface area contributed by atoms with E-state index >= 15 is 0 Å². The molecule has 0 fully saturated rings. The van der Waals surface area contributed by atoms with E-state index in [9.17, 15) is 9.59 Å². The highest BCUT2D eigenvalue weighted by atomic mass is 35.5. The summed E-state index contributed by atoms with van der Waals surface area (Å²) in [5, 5.41) is 9.61. The molecule has 8 nitrogen and oxygen atoms in total. The number of ether oxygens (including phenoxy) is 1. The van der Waals surface area contributed by atoms with Gasteiger partial charge in [-0.15, -0.1) is 0 Å². The van der Waals surface area contributed by atoms with Crippen molar-refractivity contribution in [1.82, 2.24) is 14.2 Å². The van der Waals surface area contributed by atoms with Crippen molar-refractivity contribution in [2.45, 2.75) is 33.2 Å². The van der Waals surface area contributed by atoms with Gasteiger partial charge in [-0.25, -0.2) is 4.98 Å². The van der Waals surface area contributed by atoms with E-state index in [1.165, 1.54) is 4.68 Å². The molecule has 1 N–H and O–H groups in total. The normalized spacial score (nSPS) is 11.6. The van der Waals surface area contributed by atoms with E-state index in [2.05, 4.69) is 19.2 Å². The number of nitrogens with zero attached hydrogens (tertiary/aromatic N) is 4. The van der Waals surface area contributed by atoms with Gasteiger partial charge >= 0.3 is 0 Å². The van der Waals surface area contributed by atoms with E-state index in [0.29, 0.717) is 27.4 Å². The highest BCUT2D eigenvalue weighted by Gasteiger charge is 2.19. The SMILES string of the molecule is COc1cc(C)c(-c2nc3ccccc3c(=O)n2N=Cc2cn(CC(=O)Nc3ccc(Cl)cc3)c3ccccc23)cc1C(C)C. The average molecular weight is 618 g/mol. The van der Waals surface area contributed by atoms with E-state index in [4.69, 9.17) is 26.4 Å². The molecule has 0 aliphatic rings. The minimum atomic E-state index is -0.278. The van der Waals surface area contributed by atoms with Crippen molar-refractivity contribution >= 4 is 51.2 Å². The first kappa shape index (κ1) is 29.8. The number of rotatable bonds is 8. The van der Waals surface area contributed by atoms with Gasteiger partial charge in [0.2, 0.25) is 5.91 Å².